The Morgan fingerprint density at radius 1 is 0.724 bits per heavy atom. The molecule has 35 heteroatoms. The van der Waals surface area contributed by atoms with Crippen LogP contribution in [0.25, 0.3) is 33.2 Å². The lowest BCUT2D eigenvalue weighted by molar-refractivity contribution is -0.150. The van der Waals surface area contributed by atoms with Gasteiger partial charge >= 0.3 is 19.1 Å². The molecule has 0 radical (unpaired) electrons. The number of ether oxygens (including phenoxy) is 1. The molecule has 618 valence electrons. The van der Waals surface area contributed by atoms with Gasteiger partial charge in [0.25, 0.3) is 31.3 Å². The van der Waals surface area contributed by atoms with Gasteiger partial charge in [-0.25, -0.2) is 39.1 Å². The van der Waals surface area contributed by atoms with Crippen LogP contribution in [0.15, 0.2) is 182 Å². The van der Waals surface area contributed by atoms with E-state index >= 15 is 4.39 Å². The van der Waals surface area contributed by atoms with Gasteiger partial charge in [0.2, 0.25) is 5.91 Å². The summed E-state index contributed by atoms with van der Waals surface area (Å²) in [4.78, 5) is 76.5. The summed E-state index contributed by atoms with van der Waals surface area (Å²) in [5.74, 6) is -1.81. The number of sulfonamides is 1. The van der Waals surface area contributed by atoms with Gasteiger partial charge in [0.15, 0.2) is 9.84 Å². The molecule has 4 fully saturated rings. The fraction of sp³-hybridized carbons (Fsp3) is 0.370. The van der Waals surface area contributed by atoms with E-state index in [0.29, 0.717) is 159 Å². The van der Waals surface area contributed by atoms with Crippen LogP contribution >= 0.6 is 31.0 Å². The molecule has 2 aromatic heterocycles. The van der Waals surface area contributed by atoms with Gasteiger partial charge in [0.1, 0.15) is 16.5 Å². The van der Waals surface area contributed by atoms with Crippen molar-refractivity contribution in [2.24, 2.45) is 11.8 Å². The minimum absolute atomic E-state index is 0.0122. The highest BCUT2D eigenvalue weighted by Gasteiger charge is 2.49. The Kier molecular flexibility index (Phi) is 27.0. The topological polar surface area (TPSA) is 311 Å². The third-order valence-corrected chi connectivity index (χ3v) is 27.3. The normalized spacial score (nSPS) is 15.8. The molecule has 7 aromatic carbocycles. The SMILES string of the molecule is Cc1c(S(C)(=O)=O)c(-c2cc(F)cc(N3CCN(c4ccc(NS(=O)(=O)c5ccc(NC(CCN6CCC(C(=O)OCCCP(=O)(O)O)CC6)CSc6ccccc6)c(S(=O)(=O)C(F)(F)F)c5)cc4)CC3)c2)c(-c2ccc(Cl)cc2)n1C(C)C.O=C(c1cc(Cc2n[nH]c(=O)c3ccccc23)ccc1F)N1CCN(C(=O)C2CC2)CC1. The number of nitrogens with one attached hydrogen (secondary N) is 3. The zero-order valence-electron chi connectivity index (χ0n) is 63.9. The van der Waals surface area contributed by atoms with E-state index in [2.05, 4.69) is 25.1 Å². The molecule has 24 nitrogen and oxygen atoms in total. The maximum atomic E-state index is 15.8. The first-order chi connectivity index (χ1) is 55.0. The Hall–Kier alpha value is -9.18. The summed E-state index contributed by atoms with van der Waals surface area (Å²) in [6.07, 6.45) is 4.17. The van der Waals surface area contributed by atoms with Crippen molar-refractivity contribution in [3.63, 3.8) is 0 Å². The zero-order valence-corrected chi connectivity index (χ0v) is 68.9. The van der Waals surface area contributed by atoms with Crippen molar-refractivity contribution < 1.29 is 80.7 Å². The number of carbonyl (C=O) groups excluding carboxylic acids is 3. The number of hydrogen-bond acceptors (Lipinski definition) is 18. The molecule has 0 spiro atoms. The molecule has 5 heterocycles. The monoisotopic (exact) mass is 1710 g/mol. The molecule has 13 rings (SSSR count). The molecule has 1 atom stereocenters. The van der Waals surface area contributed by atoms with Crippen LogP contribution < -0.4 is 25.4 Å². The van der Waals surface area contributed by atoms with Crippen molar-refractivity contribution in [1.82, 2.24) is 29.5 Å². The summed E-state index contributed by atoms with van der Waals surface area (Å²) in [7, 11) is -18.9. The molecule has 1 saturated carbocycles. The predicted molar refractivity (Wildman–Crippen MR) is 437 cm³/mol. The van der Waals surface area contributed by atoms with Crippen molar-refractivity contribution in [3.05, 3.63) is 207 Å². The molecular formula is C81H89ClF5N10O14PS4. The summed E-state index contributed by atoms with van der Waals surface area (Å²) in [5, 5.41) is 11.4. The molecule has 1 unspecified atom stereocenters. The number of rotatable bonds is 27. The predicted octanol–water partition coefficient (Wildman–Crippen LogP) is 13.5. The molecular weight excluding hydrogens is 1630 g/mol. The quantitative estimate of drug-likeness (QED) is 0.0105. The van der Waals surface area contributed by atoms with Gasteiger partial charge in [-0.3, -0.25) is 28.5 Å². The molecule has 9 aromatic rings. The number of benzene rings is 7. The number of piperazine rings is 2. The summed E-state index contributed by atoms with van der Waals surface area (Å²) in [6.45, 7) is 10.3. The summed E-state index contributed by atoms with van der Waals surface area (Å²) < 4.78 is 176. The lowest BCUT2D eigenvalue weighted by Crippen LogP contribution is -2.51. The van der Waals surface area contributed by atoms with Crippen LogP contribution in [-0.2, 0) is 55.0 Å². The molecule has 0 bridgehead atoms. The maximum Gasteiger partial charge on any atom is 0.501 e. The van der Waals surface area contributed by atoms with E-state index in [1.54, 1.807) is 83.5 Å². The van der Waals surface area contributed by atoms with Gasteiger partial charge in [-0.05, 0) is 192 Å². The first-order valence-electron chi connectivity index (χ1n) is 37.8. The van der Waals surface area contributed by atoms with Crippen molar-refractivity contribution >= 4 is 112 Å². The van der Waals surface area contributed by atoms with Crippen molar-refractivity contribution in [2.75, 3.05) is 117 Å². The Bertz CT molecular complexity index is 5570. The van der Waals surface area contributed by atoms with E-state index in [0.717, 1.165) is 47.1 Å². The van der Waals surface area contributed by atoms with Gasteiger partial charge in [-0.1, -0.05) is 66.2 Å². The number of alkyl halides is 3. The average molecular weight is 1720 g/mol. The van der Waals surface area contributed by atoms with E-state index < -0.39 is 94.0 Å². The summed E-state index contributed by atoms with van der Waals surface area (Å²) >= 11 is 7.63. The molecule has 4 aliphatic rings. The largest absolute Gasteiger partial charge is 0.501 e. The zero-order chi connectivity index (χ0) is 83.2. The summed E-state index contributed by atoms with van der Waals surface area (Å²) in [6, 6.07) is 40.3. The number of halogens is 6. The van der Waals surface area contributed by atoms with E-state index in [1.807, 2.05) is 70.7 Å². The second-order valence-corrected chi connectivity index (χ2v) is 38.4. The second kappa shape index (κ2) is 36.4. The van der Waals surface area contributed by atoms with Crippen LogP contribution in [0.3, 0.4) is 0 Å². The van der Waals surface area contributed by atoms with E-state index in [9.17, 15) is 66.6 Å². The number of likely N-dealkylation sites (tertiary alicyclic amines) is 1. The Morgan fingerprint density at radius 2 is 1.36 bits per heavy atom. The van der Waals surface area contributed by atoms with Crippen molar-refractivity contribution in [2.45, 2.75) is 103 Å². The van der Waals surface area contributed by atoms with E-state index in [1.165, 1.54) is 42.1 Å². The Balaban J connectivity index is 0.000000320. The molecule has 3 saturated heterocycles. The van der Waals surface area contributed by atoms with Gasteiger partial charge < -0.3 is 48.9 Å². The molecule has 1 aliphatic carbocycles. The fourth-order valence-electron chi connectivity index (χ4n) is 14.8. The minimum atomic E-state index is -6.13. The Labute approximate surface area is 678 Å². The highest BCUT2D eigenvalue weighted by molar-refractivity contribution is 7.99. The third-order valence-electron chi connectivity index (χ3n) is 20.9. The number of aromatic nitrogens is 3. The van der Waals surface area contributed by atoms with Crippen molar-refractivity contribution in [3.8, 4) is 22.4 Å². The smallest absolute Gasteiger partial charge is 0.465 e. The molecule has 3 aliphatic heterocycles. The number of amides is 2. The van der Waals surface area contributed by atoms with Gasteiger partial charge in [0.05, 0.1) is 56.5 Å². The van der Waals surface area contributed by atoms with Crippen LogP contribution in [0.4, 0.5) is 44.7 Å². The van der Waals surface area contributed by atoms with E-state index in [-0.39, 0.29) is 64.3 Å². The van der Waals surface area contributed by atoms with Crippen LogP contribution in [0, 0.1) is 30.4 Å². The standard InChI is InChI=1S/C57H66ClF4N6O11PS4.C24H23FN4O3/c1-38(2)68-39(3)55(82(4,73)74)53(54(68)40-11-13-43(58)14-12-40)42-33-44(59)35-48(34-42)67-29-27-66(28-30-67)47-17-15-45(16-18-47)64-84(77,78)50-19-20-51(52(36-50)83(75,76)57(60,61)62)63-46(37-81-49-9-6-5-7-10-49)23-26-65-24-21-41(22-25-65)56(69)79-31-8-32-80(70,71)72;25-20-8-5-15(14-21-17-3-1-2-4-18(17)22(30)27-26-21)13-19(20)24(32)29-11-9-28(10-12-29)23(31)16-6-7-16/h5-7,9-20,33-36,38,41,46,63-64H,8,21-32,37H2,1-4H3,(H2,70,71,72);1-5,8,13,16H,6-7,9-12,14H2,(H,27,30). The number of aromatic amines is 1. The number of piperidine rings is 1. The number of sulfone groups is 2. The van der Waals surface area contributed by atoms with Crippen LogP contribution in [0.2, 0.25) is 5.02 Å². The number of esters is 1. The number of thioether (sulfide) groups is 1. The van der Waals surface area contributed by atoms with Gasteiger partial charge in [0, 0.05) is 139 Å². The lowest BCUT2D eigenvalue weighted by Gasteiger charge is -2.37. The van der Waals surface area contributed by atoms with E-state index in [4.69, 9.17) is 26.1 Å². The van der Waals surface area contributed by atoms with Gasteiger partial charge in [-0.2, -0.15) is 18.3 Å². The molecule has 5 N–H and O–H groups in total. The first kappa shape index (κ1) is 86.2. The van der Waals surface area contributed by atoms with Gasteiger partial charge in [-0.15, -0.1) is 11.8 Å². The highest BCUT2D eigenvalue weighted by atomic mass is 35.5. The number of H-pyrrole nitrogens is 1. The third kappa shape index (κ3) is 21.0. The highest BCUT2D eigenvalue weighted by Crippen LogP contribution is 2.46. The Morgan fingerprint density at radius 3 is 1.99 bits per heavy atom. The number of nitrogens with zero attached hydrogens (tertiary/aromatic N) is 7. The second-order valence-electron chi connectivity index (χ2n) is 29.5. The number of fused-ring (bicyclic) bond motifs is 1. The maximum absolute atomic E-state index is 15.8. The average Bonchev–Trinajstić information content (AvgIpc) is 1.56. The van der Waals surface area contributed by atoms with Crippen LogP contribution in [-0.4, -0.2) is 191 Å². The van der Waals surface area contributed by atoms with Crippen molar-refractivity contribution in [1.29, 1.82) is 0 Å². The number of carbonyl (C=O) groups is 3. The lowest BCUT2D eigenvalue weighted by atomic mass is 9.96. The fourth-order valence-corrected chi connectivity index (χ4v) is 19.8. The number of anilines is 4. The molecule has 116 heavy (non-hydrogen) atoms. The molecule has 2 amide bonds. The van der Waals surface area contributed by atoms with Crippen LogP contribution in [0.1, 0.15) is 85.7 Å². The first-order valence-corrected chi connectivity index (χ1v) is 45.8. The minimum Gasteiger partial charge on any atom is -0.465 e. The summed E-state index contributed by atoms with van der Waals surface area (Å²) in [5.41, 5.74) is -1.27. The number of hydrogen-bond donors (Lipinski definition) is 5. The van der Waals surface area contributed by atoms with Crippen LogP contribution in [0.5, 0.6) is 0 Å².